The van der Waals surface area contributed by atoms with E-state index in [2.05, 4.69) is 6.07 Å². The van der Waals surface area contributed by atoms with Gasteiger partial charge in [-0.1, -0.05) is 72.8 Å². The quantitative estimate of drug-likeness (QED) is 0.371. The summed E-state index contributed by atoms with van der Waals surface area (Å²) in [5, 5.41) is 11.4. The molecule has 0 aliphatic carbocycles. The highest BCUT2D eigenvalue weighted by Gasteiger charge is 2.34. The lowest BCUT2D eigenvalue weighted by Crippen LogP contribution is -2.54. The normalized spacial score (nSPS) is 13.1. The number of ether oxygens (including phenoxy) is 2. The molecule has 0 aliphatic rings. The summed E-state index contributed by atoms with van der Waals surface area (Å²) in [5.41, 5.74) is 1.32. The van der Waals surface area contributed by atoms with E-state index in [1.807, 2.05) is 66.7 Å². The molecule has 0 heterocycles. The fraction of sp³-hybridized carbons (Fsp3) is 0.419. The van der Waals surface area contributed by atoms with Crippen LogP contribution in [0.25, 0.3) is 10.8 Å². The van der Waals surface area contributed by atoms with E-state index in [-0.39, 0.29) is 31.8 Å². The zero-order valence-electron chi connectivity index (χ0n) is 23.1. The number of carbonyl (C=O) groups excluding carboxylic acids is 2. The fourth-order valence-corrected chi connectivity index (χ4v) is 4.33. The van der Waals surface area contributed by atoms with Gasteiger partial charge in [0.2, 0.25) is 5.91 Å². The number of benzene rings is 3. The van der Waals surface area contributed by atoms with Crippen LogP contribution in [0.1, 0.15) is 31.9 Å². The van der Waals surface area contributed by atoms with Crippen LogP contribution in [0.15, 0.2) is 72.8 Å². The van der Waals surface area contributed by atoms with Crippen LogP contribution < -0.4 is 0 Å². The van der Waals surface area contributed by atoms with E-state index in [0.717, 1.165) is 21.9 Å². The van der Waals surface area contributed by atoms with E-state index >= 15 is 0 Å². The minimum absolute atomic E-state index is 0.0955. The third-order valence-electron chi connectivity index (χ3n) is 6.43. The van der Waals surface area contributed by atoms with Gasteiger partial charge in [-0.05, 0) is 49.1 Å². The molecular formula is C31H40N2O5. The predicted molar refractivity (Wildman–Crippen MR) is 150 cm³/mol. The molecule has 0 spiro atoms. The first-order valence-electron chi connectivity index (χ1n) is 13.0. The molecular weight excluding hydrogens is 480 g/mol. The van der Waals surface area contributed by atoms with Crippen LogP contribution in [0.2, 0.25) is 0 Å². The molecule has 0 saturated heterocycles. The molecule has 3 rings (SSSR count). The van der Waals surface area contributed by atoms with Crippen LogP contribution in [-0.4, -0.2) is 78.5 Å². The van der Waals surface area contributed by atoms with Crippen molar-refractivity contribution in [3.8, 4) is 0 Å². The van der Waals surface area contributed by atoms with Gasteiger partial charge in [0.25, 0.3) is 0 Å². The molecule has 0 bridgehead atoms. The highest BCUT2D eigenvalue weighted by Crippen LogP contribution is 2.21. The average Bonchev–Trinajstić information content (AvgIpc) is 2.89. The first-order chi connectivity index (χ1) is 18.1. The molecule has 7 nitrogen and oxygen atoms in total. The molecule has 0 unspecified atom stereocenters. The number of aliphatic hydroxyl groups is 1. The summed E-state index contributed by atoms with van der Waals surface area (Å²) in [6.45, 7) is 5.77. The summed E-state index contributed by atoms with van der Waals surface area (Å²) < 4.78 is 11.3. The van der Waals surface area contributed by atoms with Gasteiger partial charge in [0, 0.05) is 20.5 Å². The van der Waals surface area contributed by atoms with Crippen molar-refractivity contribution in [3.63, 3.8) is 0 Å². The lowest BCUT2D eigenvalue weighted by atomic mass is 9.99. The number of nitrogens with zero attached hydrogens (tertiary/aromatic N) is 2. The maximum Gasteiger partial charge on any atom is 0.410 e. The van der Waals surface area contributed by atoms with Crippen LogP contribution in [0.4, 0.5) is 4.79 Å². The number of aliphatic hydroxyl groups excluding tert-OH is 1. The number of hydrogen-bond donors (Lipinski definition) is 1. The van der Waals surface area contributed by atoms with Crippen molar-refractivity contribution in [2.75, 3.05) is 33.9 Å². The molecule has 3 aromatic carbocycles. The number of rotatable bonds is 11. The van der Waals surface area contributed by atoms with Crippen LogP contribution in [0, 0.1) is 0 Å². The summed E-state index contributed by atoms with van der Waals surface area (Å²) in [4.78, 5) is 30.2. The Labute approximate surface area is 226 Å². The number of hydrogen-bond acceptors (Lipinski definition) is 5. The van der Waals surface area contributed by atoms with Crippen molar-refractivity contribution in [3.05, 3.63) is 83.9 Å². The number of fused-ring (bicyclic) bond motifs is 1. The van der Waals surface area contributed by atoms with E-state index < -0.39 is 17.7 Å². The number of carbonyl (C=O) groups is 2. The Morgan fingerprint density at radius 2 is 1.50 bits per heavy atom. The monoisotopic (exact) mass is 520 g/mol. The SMILES string of the molecule is CN(C(=O)[C@@H](Cc1ccc2ccccc2c1)N(C)C(=O)OC(C)(C)C)[C@@H](COCCO)Cc1ccccc1. The van der Waals surface area contributed by atoms with Crippen molar-refractivity contribution in [2.45, 2.75) is 51.3 Å². The van der Waals surface area contributed by atoms with Crippen LogP contribution in [-0.2, 0) is 27.1 Å². The Bertz CT molecular complexity index is 1190. The Hall–Kier alpha value is -3.42. The number of amides is 2. The molecule has 0 aliphatic heterocycles. The molecule has 204 valence electrons. The number of likely N-dealkylation sites (N-methyl/N-ethyl adjacent to an activating group) is 2. The molecule has 0 saturated carbocycles. The highest BCUT2D eigenvalue weighted by atomic mass is 16.6. The Morgan fingerprint density at radius 1 is 0.842 bits per heavy atom. The third-order valence-corrected chi connectivity index (χ3v) is 6.43. The van der Waals surface area contributed by atoms with Crippen LogP contribution in [0.5, 0.6) is 0 Å². The molecule has 0 aromatic heterocycles. The second-order valence-corrected chi connectivity index (χ2v) is 10.6. The summed E-state index contributed by atoms with van der Waals surface area (Å²) >= 11 is 0. The predicted octanol–water partition coefficient (Wildman–Crippen LogP) is 4.70. The van der Waals surface area contributed by atoms with Crippen molar-refractivity contribution < 1.29 is 24.2 Å². The van der Waals surface area contributed by atoms with Gasteiger partial charge in [-0.15, -0.1) is 0 Å². The summed E-state index contributed by atoms with van der Waals surface area (Å²) in [7, 11) is 3.36. The van der Waals surface area contributed by atoms with Crippen molar-refractivity contribution >= 4 is 22.8 Å². The minimum atomic E-state index is -0.785. The molecule has 1 N–H and O–H groups in total. The molecule has 0 fully saturated rings. The second kappa shape index (κ2) is 13.4. The van der Waals surface area contributed by atoms with E-state index in [1.54, 1.807) is 39.8 Å². The molecule has 2 atom stereocenters. The van der Waals surface area contributed by atoms with Gasteiger partial charge in [0.05, 0.1) is 25.9 Å². The average molecular weight is 521 g/mol. The molecule has 7 heteroatoms. The van der Waals surface area contributed by atoms with E-state index in [0.29, 0.717) is 12.8 Å². The summed E-state index contributed by atoms with van der Waals surface area (Å²) in [6.07, 6.45) is 0.355. The van der Waals surface area contributed by atoms with E-state index in [1.165, 1.54) is 4.90 Å². The van der Waals surface area contributed by atoms with Crippen molar-refractivity contribution in [1.29, 1.82) is 0 Å². The summed E-state index contributed by atoms with van der Waals surface area (Å²) in [5.74, 6) is -0.208. The van der Waals surface area contributed by atoms with Gasteiger partial charge in [-0.3, -0.25) is 9.69 Å². The minimum Gasteiger partial charge on any atom is -0.444 e. The van der Waals surface area contributed by atoms with E-state index in [4.69, 9.17) is 9.47 Å². The lowest BCUT2D eigenvalue weighted by Gasteiger charge is -2.35. The smallest absolute Gasteiger partial charge is 0.410 e. The van der Waals surface area contributed by atoms with Gasteiger partial charge in [0.15, 0.2) is 0 Å². The Kier molecular flexibility index (Phi) is 10.3. The zero-order valence-corrected chi connectivity index (χ0v) is 23.1. The zero-order chi connectivity index (χ0) is 27.7. The molecule has 2 amide bonds. The van der Waals surface area contributed by atoms with Gasteiger partial charge >= 0.3 is 6.09 Å². The van der Waals surface area contributed by atoms with Crippen LogP contribution in [0.3, 0.4) is 0 Å². The Morgan fingerprint density at radius 3 is 2.16 bits per heavy atom. The molecule has 38 heavy (non-hydrogen) atoms. The Balaban J connectivity index is 1.90. The third kappa shape index (κ3) is 8.30. The largest absolute Gasteiger partial charge is 0.444 e. The second-order valence-electron chi connectivity index (χ2n) is 10.6. The lowest BCUT2D eigenvalue weighted by molar-refractivity contribution is -0.138. The first kappa shape index (κ1) is 29.1. The maximum atomic E-state index is 14.1. The fourth-order valence-electron chi connectivity index (χ4n) is 4.33. The van der Waals surface area contributed by atoms with Gasteiger partial charge in [-0.25, -0.2) is 4.79 Å². The van der Waals surface area contributed by atoms with Gasteiger partial charge in [0.1, 0.15) is 11.6 Å². The maximum absolute atomic E-state index is 14.1. The highest BCUT2D eigenvalue weighted by molar-refractivity contribution is 5.87. The summed E-state index contributed by atoms with van der Waals surface area (Å²) in [6, 6.07) is 23.0. The van der Waals surface area contributed by atoms with Gasteiger partial charge in [-0.2, -0.15) is 0 Å². The molecule has 3 aromatic rings. The van der Waals surface area contributed by atoms with E-state index in [9.17, 15) is 14.7 Å². The van der Waals surface area contributed by atoms with Crippen LogP contribution >= 0.6 is 0 Å². The van der Waals surface area contributed by atoms with Crippen molar-refractivity contribution in [2.24, 2.45) is 0 Å². The topological polar surface area (TPSA) is 79.3 Å². The van der Waals surface area contributed by atoms with Crippen molar-refractivity contribution in [1.82, 2.24) is 9.80 Å². The molecule has 0 radical (unpaired) electrons. The van der Waals surface area contributed by atoms with Gasteiger partial charge < -0.3 is 19.5 Å². The standard InChI is InChI=1S/C31H40N2O5/c1-31(2,3)38-30(36)33(5)28(21-24-15-16-25-13-9-10-14-26(25)19-24)29(35)32(4)27(22-37-18-17-34)20-23-11-7-6-8-12-23/h6-16,19,27-28,34H,17-18,20-22H2,1-5H3/t27-,28-/m1/s1. The first-order valence-corrected chi connectivity index (χ1v) is 13.0.